The highest BCUT2D eigenvalue weighted by molar-refractivity contribution is 5.85. The Morgan fingerprint density at radius 2 is 2.05 bits per heavy atom. The van der Waals surface area contributed by atoms with E-state index in [1.807, 2.05) is 0 Å². The minimum atomic E-state index is 0.523. The van der Waals surface area contributed by atoms with Crippen molar-refractivity contribution in [1.29, 1.82) is 0 Å². The molecule has 1 saturated carbocycles. The molecule has 1 aromatic carbocycles. The standard InChI is InChI=1S/C19H26N2/c1-19(2)11-10-13(12-19)20-17-9-5-7-15-14-6-3-4-8-16(14)21-18(15)17/h3-4,6,8,13,17,20-21H,5,7,9-12H2,1-2H3. The van der Waals surface area contributed by atoms with E-state index in [0.717, 1.165) is 0 Å². The molecular weight excluding hydrogens is 256 g/mol. The van der Waals surface area contributed by atoms with Crippen molar-refractivity contribution < 1.29 is 0 Å². The number of benzene rings is 1. The van der Waals surface area contributed by atoms with E-state index in [0.29, 0.717) is 17.5 Å². The Bertz CT molecular complexity index is 653. The Morgan fingerprint density at radius 1 is 1.19 bits per heavy atom. The Labute approximate surface area is 127 Å². The molecule has 2 unspecified atom stereocenters. The van der Waals surface area contributed by atoms with E-state index in [2.05, 4.69) is 48.4 Å². The summed E-state index contributed by atoms with van der Waals surface area (Å²) < 4.78 is 0. The zero-order valence-corrected chi connectivity index (χ0v) is 13.2. The second-order valence-corrected chi connectivity index (χ2v) is 7.78. The Kier molecular flexibility index (Phi) is 3.11. The lowest BCUT2D eigenvalue weighted by atomic mass is 9.90. The fraction of sp³-hybridized carbons (Fsp3) is 0.579. The van der Waals surface area contributed by atoms with Crippen LogP contribution in [0, 0.1) is 5.41 Å². The number of hydrogen-bond donors (Lipinski definition) is 2. The maximum atomic E-state index is 3.96. The average Bonchev–Trinajstić information content (AvgIpc) is 3.00. The summed E-state index contributed by atoms with van der Waals surface area (Å²) in [5.41, 5.74) is 4.86. The van der Waals surface area contributed by atoms with Crippen LogP contribution in [-0.4, -0.2) is 11.0 Å². The van der Waals surface area contributed by atoms with Gasteiger partial charge in [0.2, 0.25) is 0 Å². The smallest absolute Gasteiger partial charge is 0.0478 e. The third-order valence-electron chi connectivity index (χ3n) is 5.52. The highest BCUT2D eigenvalue weighted by Gasteiger charge is 2.33. The third kappa shape index (κ3) is 2.40. The maximum Gasteiger partial charge on any atom is 0.0478 e. The van der Waals surface area contributed by atoms with Crippen molar-refractivity contribution in [2.75, 3.05) is 0 Å². The summed E-state index contributed by atoms with van der Waals surface area (Å²) in [6.45, 7) is 4.81. The molecule has 0 aliphatic heterocycles. The molecular formula is C19H26N2. The first-order valence-corrected chi connectivity index (χ1v) is 8.48. The van der Waals surface area contributed by atoms with Crippen LogP contribution in [0.25, 0.3) is 10.9 Å². The van der Waals surface area contributed by atoms with Crippen molar-refractivity contribution in [3.63, 3.8) is 0 Å². The summed E-state index contributed by atoms with van der Waals surface area (Å²) in [5, 5.41) is 5.40. The maximum absolute atomic E-state index is 3.96. The minimum Gasteiger partial charge on any atom is -0.357 e. The number of aryl methyl sites for hydroxylation is 1. The number of H-pyrrole nitrogens is 1. The summed E-state index contributed by atoms with van der Waals surface area (Å²) in [4.78, 5) is 3.70. The van der Waals surface area contributed by atoms with Gasteiger partial charge in [0.05, 0.1) is 0 Å². The summed E-state index contributed by atoms with van der Waals surface area (Å²) >= 11 is 0. The fourth-order valence-electron chi connectivity index (χ4n) is 4.44. The third-order valence-corrected chi connectivity index (χ3v) is 5.52. The molecule has 2 heteroatoms. The van der Waals surface area contributed by atoms with E-state index in [1.165, 1.54) is 55.1 Å². The van der Waals surface area contributed by atoms with Crippen molar-refractivity contribution in [3.05, 3.63) is 35.5 Å². The topological polar surface area (TPSA) is 27.8 Å². The van der Waals surface area contributed by atoms with Crippen LogP contribution >= 0.6 is 0 Å². The molecule has 2 nitrogen and oxygen atoms in total. The highest BCUT2D eigenvalue weighted by Crippen LogP contribution is 2.40. The molecule has 0 amide bonds. The van der Waals surface area contributed by atoms with E-state index in [9.17, 15) is 0 Å². The number of para-hydroxylation sites is 1. The van der Waals surface area contributed by atoms with Crippen molar-refractivity contribution in [3.8, 4) is 0 Å². The van der Waals surface area contributed by atoms with Gasteiger partial charge in [-0.05, 0) is 55.6 Å². The van der Waals surface area contributed by atoms with E-state index in [-0.39, 0.29) is 0 Å². The normalized spacial score (nSPS) is 27.9. The number of aromatic nitrogens is 1. The van der Waals surface area contributed by atoms with Gasteiger partial charge in [0, 0.05) is 28.7 Å². The van der Waals surface area contributed by atoms with Crippen molar-refractivity contribution in [1.82, 2.24) is 10.3 Å². The van der Waals surface area contributed by atoms with Gasteiger partial charge < -0.3 is 10.3 Å². The molecule has 2 aromatic rings. The van der Waals surface area contributed by atoms with Gasteiger partial charge in [0.25, 0.3) is 0 Å². The molecule has 1 aromatic heterocycles. The highest BCUT2D eigenvalue weighted by atomic mass is 15.0. The average molecular weight is 282 g/mol. The van der Waals surface area contributed by atoms with E-state index in [4.69, 9.17) is 0 Å². The second kappa shape index (κ2) is 4.88. The van der Waals surface area contributed by atoms with E-state index < -0.39 is 0 Å². The number of rotatable bonds is 2. The first-order chi connectivity index (χ1) is 10.1. The van der Waals surface area contributed by atoms with Crippen molar-refractivity contribution in [2.24, 2.45) is 5.41 Å². The van der Waals surface area contributed by atoms with E-state index >= 15 is 0 Å². The molecule has 0 radical (unpaired) electrons. The zero-order valence-electron chi connectivity index (χ0n) is 13.2. The molecule has 0 bridgehead atoms. The summed E-state index contributed by atoms with van der Waals surface area (Å²) in [7, 11) is 0. The molecule has 2 aliphatic rings. The SMILES string of the molecule is CC1(C)CCC(NC2CCCc3c2[nH]c2ccccc32)C1. The Hall–Kier alpha value is -1.28. The summed E-state index contributed by atoms with van der Waals surface area (Å²) in [6.07, 6.45) is 7.82. The number of nitrogens with one attached hydrogen (secondary N) is 2. The molecule has 2 N–H and O–H groups in total. The van der Waals surface area contributed by atoms with Gasteiger partial charge in [0.1, 0.15) is 0 Å². The first-order valence-electron chi connectivity index (χ1n) is 8.48. The monoisotopic (exact) mass is 282 g/mol. The van der Waals surface area contributed by atoms with Crippen LogP contribution in [0.2, 0.25) is 0 Å². The Morgan fingerprint density at radius 3 is 2.86 bits per heavy atom. The van der Waals surface area contributed by atoms with Crippen molar-refractivity contribution in [2.45, 2.75) is 64.5 Å². The molecule has 1 heterocycles. The van der Waals surface area contributed by atoms with Gasteiger partial charge >= 0.3 is 0 Å². The van der Waals surface area contributed by atoms with E-state index in [1.54, 1.807) is 5.56 Å². The lowest BCUT2D eigenvalue weighted by molar-refractivity contribution is 0.340. The van der Waals surface area contributed by atoms with Crippen LogP contribution in [0.15, 0.2) is 24.3 Å². The fourth-order valence-corrected chi connectivity index (χ4v) is 4.44. The molecule has 0 spiro atoms. The molecule has 1 fully saturated rings. The molecule has 21 heavy (non-hydrogen) atoms. The van der Waals surface area contributed by atoms with Gasteiger partial charge in [-0.3, -0.25) is 0 Å². The quantitative estimate of drug-likeness (QED) is 0.820. The summed E-state index contributed by atoms with van der Waals surface area (Å²) in [5.74, 6) is 0. The van der Waals surface area contributed by atoms with Crippen LogP contribution in [-0.2, 0) is 6.42 Å². The number of aromatic amines is 1. The molecule has 0 saturated heterocycles. The molecule has 4 rings (SSSR count). The molecule has 2 aliphatic carbocycles. The lowest BCUT2D eigenvalue weighted by Gasteiger charge is -2.28. The van der Waals surface area contributed by atoms with Crippen LogP contribution in [0.1, 0.15) is 63.3 Å². The lowest BCUT2D eigenvalue weighted by Crippen LogP contribution is -2.33. The Balaban J connectivity index is 1.62. The zero-order chi connectivity index (χ0) is 14.4. The van der Waals surface area contributed by atoms with Gasteiger partial charge in [-0.15, -0.1) is 0 Å². The van der Waals surface area contributed by atoms with Gasteiger partial charge in [-0.25, -0.2) is 0 Å². The van der Waals surface area contributed by atoms with Crippen LogP contribution in [0.4, 0.5) is 0 Å². The number of hydrogen-bond acceptors (Lipinski definition) is 1. The van der Waals surface area contributed by atoms with Gasteiger partial charge in [0.15, 0.2) is 0 Å². The predicted octanol–water partition coefficient (Wildman–Crippen LogP) is 4.71. The molecule has 112 valence electrons. The summed E-state index contributed by atoms with van der Waals surface area (Å²) in [6, 6.07) is 10.00. The number of fused-ring (bicyclic) bond motifs is 3. The minimum absolute atomic E-state index is 0.523. The van der Waals surface area contributed by atoms with Gasteiger partial charge in [-0.2, -0.15) is 0 Å². The largest absolute Gasteiger partial charge is 0.357 e. The van der Waals surface area contributed by atoms with Crippen LogP contribution in [0.5, 0.6) is 0 Å². The van der Waals surface area contributed by atoms with Crippen LogP contribution < -0.4 is 5.32 Å². The molecule has 2 atom stereocenters. The van der Waals surface area contributed by atoms with Crippen molar-refractivity contribution >= 4 is 10.9 Å². The predicted molar refractivity (Wildman–Crippen MR) is 88.5 cm³/mol. The second-order valence-electron chi connectivity index (χ2n) is 7.78. The van der Waals surface area contributed by atoms with Gasteiger partial charge in [-0.1, -0.05) is 32.0 Å². The van der Waals surface area contributed by atoms with Crippen LogP contribution in [0.3, 0.4) is 0 Å². The first kappa shape index (κ1) is 13.4.